The van der Waals surface area contributed by atoms with Gasteiger partial charge in [0.25, 0.3) is 0 Å². The van der Waals surface area contributed by atoms with E-state index in [0.717, 1.165) is 16.8 Å². The van der Waals surface area contributed by atoms with Gasteiger partial charge in [0.2, 0.25) is 0 Å². The number of hydrogen-bond donors (Lipinski definition) is 0. The third-order valence-electron chi connectivity index (χ3n) is 5.36. The maximum absolute atomic E-state index is 12.2. The predicted octanol–water partition coefficient (Wildman–Crippen LogP) is 2.82. The van der Waals surface area contributed by atoms with E-state index < -0.39 is 0 Å². The van der Waals surface area contributed by atoms with Crippen LogP contribution in [0.4, 0.5) is 5.69 Å². The number of fused-ring (bicyclic) bond motifs is 3. The van der Waals surface area contributed by atoms with Gasteiger partial charge in [-0.25, -0.2) is 9.31 Å². The zero-order chi connectivity index (χ0) is 16.8. The summed E-state index contributed by atoms with van der Waals surface area (Å²) in [5.41, 5.74) is 3.73. The lowest BCUT2D eigenvalue weighted by Crippen LogP contribution is -2.29. The van der Waals surface area contributed by atoms with Gasteiger partial charge in [0.05, 0.1) is 35.1 Å². The quantitative estimate of drug-likeness (QED) is 0.812. The molecule has 2 aromatic heterocycles. The minimum Gasteiger partial charge on any atom is -0.462 e. The van der Waals surface area contributed by atoms with E-state index >= 15 is 0 Å². The lowest BCUT2D eigenvalue weighted by atomic mass is 10.0. The van der Waals surface area contributed by atoms with Gasteiger partial charge < -0.3 is 9.64 Å². The van der Waals surface area contributed by atoms with Crippen LogP contribution in [-0.2, 0) is 4.74 Å². The van der Waals surface area contributed by atoms with Gasteiger partial charge in [0.15, 0.2) is 0 Å². The van der Waals surface area contributed by atoms with Gasteiger partial charge in [0.1, 0.15) is 6.07 Å². The molecule has 24 heavy (non-hydrogen) atoms. The summed E-state index contributed by atoms with van der Waals surface area (Å²) in [7, 11) is 0. The number of aryl methyl sites for hydroxylation is 1. The number of nitriles is 1. The number of hydrogen-bond acceptors (Lipinski definition) is 5. The smallest absolute Gasteiger partial charge is 0.340 e. The van der Waals surface area contributed by atoms with Gasteiger partial charge in [-0.3, -0.25) is 0 Å². The Balaban J connectivity index is 1.94. The lowest BCUT2D eigenvalue weighted by Gasteiger charge is -2.26. The Kier molecular flexibility index (Phi) is 3.45. The molecule has 6 nitrogen and oxygen atoms in total. The van der Waals surface area contributed by atoms with Crippen molar-refractivity contribution in [3.63, 3.8) is 0 Å². The molecule has 0 aliphatic carbocycles. The Labute approximate surface area is 140 Å². The number of nitrogens with zero attached hydrogens (tertiary/aromatic N) is 4. The van der Waals surface area contributed by atoms with Gasteiger partial charge >= 0.3 is 5.97 Å². The molecule has 2 saturated heterocycles. The number of anilines is 1. The van der Waals surface area contributed by atoms with Crippen LogP contribution in [0.5, 0.6) is 0 Å². The average molecular weight is 324 g/mol. The SMILES string of the molecule is CCOC(=O)c1cn2ncc(C#N)c(N3C4CCC3CC4)c2c1C. The molecule has 4 rings (SSSR count). The zero-order valence-corrected chi connectivity index (χ0v) is 14.0. The van der Waals surface area contributed by atoms with Gasteiger partial charge in [-0.15, -0.1) is 0 Å². The average Bonchev–Trinajstić information content (AvgIpc) is 3.27. The Morgan fingerprint density at radius 1 is 1.38 bits per heavy atom. The summed E-state index contributed by atoms with van der Waals surface area (Å²) >= 11 is 0. The molecule has 6 heteroatoms. The molecule has 2 aliphatic heterocycles. The molecule has 0 aromatic carbocycles. The molecule has 2 bridgehead atoms. The molecule has 0 amide bonds. The number of ether oxygens (including phenoxy) is 1. The van der Waals surface area contributed by atoms with Crippen molar-refractivity contribution >= 4 is 17.2 Å². The minimum atomic E-state index is -0.339. The summed E-state index contributed by atoms with van der Waals surface area (Å²) in [4.78, 5) is 14.6. The van der Waals surface area contributed by atoms with E-state index in [1.807, 2.05) is 6.92 Å². The third kappa shape index (κ3) is 2.01. The molecule has 2 aliphatic rings. The van der Waals surface area contributed by atoms with Crippen LogP contribution >= 0.6 is 0 Å². The summed E-state index contributed by atoms with van der Waals surface area (Å²) in [6.07, 6.45) is 8.02. The van der Waals surface area contributed by atoms with Crippen molar-refractivity contribution in [3.8, 4) is 6.07 Å². The van der Waals surface area contributed by atoms with Gasteiger partial charge in [-0.05, 0) is 45.1 Å². The van der Waals surface area contributed by atoms with Crippen molar-refractivity contribution in [1.82, 2.24) is 9.61 Å². The van der Waals surface area contributed by atoms with Crippen molar-refractivity contribution in [1.29, 1.82) is 5.26 Å². The fraction of sp³-hybridized carbons (Fsp3) is 0.500. The summed E-state index contributed by atoms with van der Waals surface area (Å²) in [6.45, 7) is 4.04. The molecule has 4 heterocycles. The van der Waals surface area contributed by atoms with Gasteiger partial charge in [-0.2, -0.15) is 10.4 Å². The highest BCUT2D eigenvalue weighted by molar-refractivity contribution is 5.96. The number of esters is 1. The van der Waals surface area contributed by atoms with Crippen LogP contribution in [0, 0.1) is 18.3 Å². The highest BCUT2D eigenvalue weighted by atomic mass is 16.5. The topological polar surface area (TPSA) is 70.6 Å². The maximum atomic E-state index is 12.2. The molecule has 0 radical (unpaired) electrons. The number of aromatic nitrogens is 2. The van der Waals surface area contributed by atoms with Gasteiger partial charge in [0, 0.05) is 18.3 Å². The first-order valence-electron chi connectivity index (χ1n) is 8.52. The van der Waals surface area contributed by atoms with Crippen molar-refractivity contribution in [2.24, 2.45) is 0 Å². The molecular weight excluding hydrogens is 304 g/mol. The van der Waals surface area contributed by atoms with E-state index in [4.69, 9.17) is 4.74 Å². The third-order valence-corrected chi connectivity index (χ3v) is 5.36. The standard InChI is InChI=1S/C18H20N4O2/c1-3-24-18(23)15-10-21-16(11(15)2)17(12(8-19)9-20-21)22-13-4-5-14(22)7-6-13/h9-10,13-14H,3-7H2,1-2H3. The molecular formula is C18H20N4O2. The van der Waals surface area contributed by atoms with Crippen molar-refractivity contribution in [3.05, 3.63) is 29.1 Å². The summed E-state index contributed by atoms with van der Waals surface area (Å²) < 4.78 is 6.87. The van der Waals surface area contributed by atoms with Gasteiger partial charge in [-0.1, -0.05) is 0 Å². The Hall–Kier alpha value is -2.55. The first-order chi connectivity index (χ1) is 11.7. The second-order valence-corrected chi connectivity index (χ2v) is 6.57. The van der Waals surface area contributed by atoms with Crippen LogP contribution in [-0.4, -0.2) is 34.3 Å². The highest BCUT2D eigenvalue weighted by Crippen LogP contribution is 2.44. The van der Waals surface area contributed by atoms with Crippen molar-refractivity contribution in [2.75, 3.05) is 11.5 Å². The van der Waals surface area contributed by atoms with E-state index in [9.17, 15) is 10.1 Å². The predicted molar refractivity (Wildman–Crippen MR) is 89.1 cm³/mol. The molecule has 0 atom stereocenters. The van der Waals surface area contributed by atoms with Crippen LogP contribution in [0.25, 0.3) is 5.52 Å². The summed E-state index contributed by atoms with van der Waals surface area (Å²) in [5.74, 6) is -0.339. The largest absolute Gasteiger partial charge is 0.462 e. The molecule has 0 unspecified atom stereocenters. The lowest BCUT2D eigenvalue weighted by molar-refractivity contribution is 0.0525. The molecule has 0 saturated carbocycles. The zero-order valence-electron chi connectivity index (χ0n) is 14.0. The van der Waals surface area contributed by atoms with Crippen LogP contribution in [0.2, 0.25) is 0 Å². The van der Waals surface area contributed by atoms with E-state index in [-0.39, 0.29) is 5.97 Å². The first-order valence-corrected chi connectivity index (χ1v) is 8.52. The van der Waals surface area contributed by atoms with Crippen LogP contribution < -0.4 is 4.90 Å². The normalized spacial score (nSPS) is 22.1. The Bertz CT molecular complexity index is 844. The summed E-state index contributed by atoms with van der Waals surface area (Å²) in [5, 5.41) is 13.9. The van der Waals surface area contributed by atoms with Crippen molar-refractivity contribution < 1.29 is 9.53 Å². The monoisotopic (exact) mass is 324 g/mol. The van der Waals surface area contributed by atoms with E-state index in [1.54, 1.807) is 23.8 Å². The molecule has 124 valence electrons. The number of carbonyl (C=O) groups is 1. The fourth-order valence-electron chi connectivity index (χ4n) is 4.30. The first kappa shape index (κ1) is 15.0. The molecule has 0 N–H and O–H groups in total. The fourth-order valence-corrected chi connectivity index (χ4v) is 4.30. The van der Waals surface area contributed by atoms with Crippen LogP contribution in [0.3, 0.4) is 0 Å². The molecule has 2 aromatic rings. The molecule has 2 fully saturated rings. The second kappa shape index (κ2) is 5.52. The van der Waals surface area contributed by atoms with Crippen LogP contribution in [0.1, 0.15) is 54.1 Å². The van der Waals surface area contributed by atoms with E-state index in [2.05, 4.69) is 16.1 Å². The maximum Gasteiger partial charge on any atom is 0.340 e. The van der Waals surface area contributed by atoms with E-state index in [1.165, 1.54) is 25.7 Å². The molecule has 0 spiro atoms. The van der Waals surface area contributed by atoms with E-state index in [0.29, 0.717) is 29.8 Å². The second-order valence-electron chi connectivity index (χ2n) is 6.57. The number of rotatable bonds is 3. The van der Waals surface area contributed by atoms with Crippen LogP contribution in [0.15, 0.2) is 12.4 Å². The summed E-state index contributed by atoms with van der Waals surface area (Å²) in [6, 6.07) is 3.28. The minimum absolute atomic E-state index is 0.338. The van der Waals surface area contributed by atoms with Crippen molar-refractivity contribution in [2.45, 2.75) is 51.6 Å². The Morgan fingerprint density at radius 3 is 2.62 bits per heavy atom. The highest BCUT2D eigenvalue weighted by Gasteiger charge is 2.41. The Morgan fingerprint density at radius 2 is 2.04 bits per heavy atom. The number of carbonyl (C=O) groups excluding carboxylic acids is 1.